The lowest BCUT2D eigenvalue weighted by Crippen LogP contribution is -2.06. The summed E-state index contributed by atoms with van der Waals surface area (Å²) in [4.78, 5) is 4.50. The fraction of sp³-hybridized carbons (Fsp3) is 0.0952. The highest BCUT2D eigenvalue weighted by atomic mass is 19.3. The van der Waals surface area contributed by atoms with Gasteiger partial charge in [0.1, 0.15) is 29.1 Å². The molecule has 4 rings (SSSR count). The third-order valence-corrected chi connectivity index (χ3v) is 4.67. The van der Waals surface area contributed by atoms with Gasteiger partial charge in [-0.3, -0.25) is 4.40 Å². The van der Waals surface area contributed by atoms with Crippen LogP contribution in [0.1, 0.15) is 11.1 Å². The predicted molar refractivity (Wildman–Crippen MR) is 105 cm³/mol. The third kappa shape index (κ3) is 2.81. The molecule has 0 aliphatic heterocycles. The van der Waals surface area contributed by atoms with Crippen LogP contribution >= 0.6 is 0 Å². The van der Waals surface area contributed by atoms with E-state index in [0.29, 0.717) is 16.6 Å². The van der Waals surface area contributed by atoms with Crippen LogP contribution in [0.2, 0.25) is 0 Å². The highest BCUT2D eigenvalue weighted by Gasteiger charge is 2.23. The second kappa shape index (κ2) is 7.22. The molecule has 0 amide bonds. The van der Waals surface area contributed by atoms with Gasteiger partial charge in [0.25, 0.3) is 0 Å². The van der Waals surface area contributed by atoms with Gasteiger partial charge in [-0.05, 0) is 29.8 Å². The molecular formula is C21H13F2N5O2. The van der Waals surface area contributed by atoms with Crippen molar-refractivity contribution >= 4 is 22.5 Å². The van der Waals surface area contributed by atoms with Crippen molar-refractivity contribution in [1.82, 2.24) is 9.38 Å². The van der Waals surface area contributed by atoms with Crippen LogP contribution in [0.5, 0.6) is 11.5 Å². The monoisotopic (exact) mass is 405 g/mol. The molecule has 30 heavy (non-hydrogen) atoms. The standard InChI is InChI=1S/C21H13F2N5O2/c1-29-17-8-11(6-7-16(17)30-21(22)23)18-12(9-24)19(26)28-15-5-3-2-4-14(15)27-20(28)13(18)10-25/h2-8,21H,26H2,1H3. The molecule has 9 heteroatoms. The van der Waals surface area contributed by atoms with Gasteiger partial charge in [-0.25, -0.2) is 4.98 Å². The van der Waals surface area contributed by atoms with E-state index in [-0.39, 0.29) is 39.7 Å². The van der Waals surface area contributed by atoms with Crippen molar-refractivity contribution in [3.05, 3.63) is 53.6 Å². The number of benzene rings is 2. The molecule has 2 N–H and O–H groups in total. The van der Waals surface area contributed by atoms with E-state index in [1.54, 1.807) is 28.7 Å². The van der Waals surface area contributed by atoms with E-state index in [9.17, 15) is 19.3 Å². The zero-order valence-electron chi connectivity index (χ0n) is 15.6. The van der Waals surface area contributed by atoms with Gasteiger partial charge in [0.05, 0.1) is 18.1 Å². The highest BCUT2D eigenvalue weighted by Crippen LogP contribution is 2.39. The van der Waals surface area contributed by atoms with Crippen LogP contribution in [0.4, 0.5) is 14.6 Å². The minimum absolute atomic E-state index is 0.0209. The van der Waals surface area contributed by atoms with E-state index in [1.807, 2.05) is 0 Å². The Morgan fingerprint density at radius 1 is 1.07 bits per heavy atom. The molecule has 0 fully saturated rings. The molecule has 0 atom stereocenters. The fourth-order valence-electron chi connectivity index (χ4n) is 3.44. The molecule has 0 unspecified atom stereocenters. The minimum atomic E-state index is -3.03. The predicted octanol–water partition coefficient (Wildman–Crippen LogP) is 4.09. The molecule has 0 aliphatic carbocycles. The first-order chi connectivity index (χ1) is 14.5. The number of aromatic nitrogens is 2. The van der Waals surface area contributed by atoms with E-state index < -0.39 is 6.61 Å². The number of nitrogens with zero attached hydrogens (tertiary/aromatic N) is 4. The second-order valence-corrected chi connectivity index (χ2v) is 6.24. The minimum Gasteiger partial charge on any atom is -0.493 e. The summed E-state index contributed by atoms with van der Waals surface area (Å²) >= 11 is 0. The number of halogens is 2. The van der Waals surface area contributed by atoms with Crippen molar-refractivity contribution in [3.63, 3.8) is 0 Å². The Balaban J connectivity index is 2.08. The van der Waals surface area contributed by atoms with Gasteiger partial charge in [-0.1, -0.05) is 18.2 Å². The Morgan fingerprint density at radius 3 is 2.47 bits per heavy atom. The van der Waals surface area contributed by atoms with Crippen LogP contribution in [0.25, 0.3) is 27.8 Å². The summed E-state index contributed by atoms with van der Waals surface area (Å²) in [6.45, 7) is -3.03. The van der Waals surface area contributed by atoms with Crippen LogP contribution in [0, 0.1) is 22.7 Å². The summed E-state index contributed by atoms with van der Waals surface area (Å²) in [5.74, 6) is -0.0385. The number of alkyl halides is 2. The maximum Gasteiger partial charge on any atom is 0.387 e. The van der Waals surface area contributed by atoms with Gasteiger partial charge in [0.15, 0.2) is 17.1 Å². The van der Waals surface area contributed by atoms with Gasteiger partial charge >= 0.3 is 6.61 Å². The number of methoxy groups -OCH3 is 1. The molecule has 0 saturated carbocycles. The molecule has 0 aliphatic rings. The van der Waals surface area contributed by atoms with Gasteiger partial charge < -0.3 is 15.2 Å². The Morgan fingerprint density at radius 2 is 1.80 bits per heavy atom. The zero-order valence-corrected chi connectivity index (χ0v) is 15.6. The largest absolute Gasteiger partial charge is 0.493 e. The van der Waals surface area contributed by atoms with Crippen molar-refractivity contribution in [2.24, 2.45) is 0 Å². The number of pyridine rings is 1. The SMILES string of the molecule is COc1cc(-c2c(C#N)c(N)n3c(nc4ccccc43)c2C#N)ccc1OC(F)F. The first kappa shape index (κ1) is 19.0. The molecule has 4 aromatic rings. The summed E-state index contributed by atoms with van der Waals surface area (Å²) in [5.41, 5.74) is 8.66. The molecule has 0 spiro atoms. The number of rotatable bonds is 4. The van der Waals surface area contributed by atoms with Crippen molar-refractivity contribution in [2.45, 2.75) is 6.61 Å². The smallest absolute Gasteiger partial charge is 0.387 e. The number of nitriles is 2. The summed E-state index contributed by atoms with van der Waals surface area (Å²) in [5, 5.41) is 19.7. The molecule has 2 heterocycles. The number of ether oxygens (including phenoxy) is 2. The highest BCUT2D eigenvalue weighted by molar-refractivity contribution is 5.93. The van der Waals surface area contributed by atoms with E-state index >= 15 is 0 Å². The van der Waals surface area contributed by atoms with Crippen LogP contribution in [0.15, 0.2) is 42.5 Å². The van der Waals surface area contributed by atoms with Crippen LogP contribution in [0.3, 0.4) is 0 Å². The molecular weight excluding hydrogens is 392 g/mol. The van der Waals surface area contributed by atoms with Gasteiger partial charge in [-0.2, -0.15) is 19.3 Å². The summed E-state index contributed by atoms with van der Waals surface area (Å²) in [6.07, 6.45) is 0. The average Bonchev–Trinajstić information content (AvgIpc) is 3.13. The molecule has 2 aromatic heterocycles. The van der Waals surface area contributed by atoms with Crippen molar-refractivity contribution in [3.8, 4) is 34.8 Å². The Labute approximate surface area is 169 Å². The quantitative estimate of drug-likeness (QED) is 0.548. The number of anilines is 1. The maximum absolute atomic E-state index is 12.6. The normalized spacial score (nSPS) is 10.9. The van der Waals surface area contributed by atoms with Crippen LogP contribution in [-0.2, 0) is 0 Å². The average molecular weight is 405 g/mol. The molecule has 0 bridgehead atoms. The van der Waals surface area contributed by atoms with E-state index in [4.69, 9.17) is 10.5 Å². The van der Waals surface area contributed by atoms with Crippen molar-refractivity contribution in [1.29, 1.82) is 10.5 Å². The topological polar surface area (TPSA) is 109 Å². The van der Waals surface area contributed by atoms with E-state index in [0.717, 1.165) is 0 Å². The maximum atomic E-state index is 12.6. The lowest BCUT2D eigenvalue weighted by molar-refractivity contribution is -0.0512. The second-order valence-electron chi connectivity index (χ2n) is 6.24. The fourth-order valence-corrected chi connectivity index (χ4v) is 3.44. The van der Waals surface area contributed by atoms with Crippen LogP contribution in [-0.4, -0.2) is 23.1 Å². The number of nitrogen functional groups attached to an aromatic ring is 1. The third-order valence-electron chi connectivity index (χ3n) is 4.67. The lowest BCUT2D eigenvalue weighted by Gasteiger charge is -2.15. The van der Waals surface area contributed by atoms with Gasteiger partial charge in [-0.15, -0.1) is 0 Å². The Bertz CT molecular complexity index is 1380. The van der Waals surface area contributed by atoms with Gasteiger partial charge in [0, 0.05) is 5.56 Å². The number of imidazole rings is 1. The number of para-hydroxylation sites is 2. The number of hydrogen-bond acceptors (Lipinski definition) is 6. The first-order valence-electron chi connectivity index (χ1n) is 8.66. The molecule has 7 nitrogen and oxygen atoms in total. The summed E-state index contributed by atoms with van der Waals surface area (Å²) in [7, 11) is 1.30. The van der Waals surface area contributed by atoms with Crippen molar-refractivity contribution < 1.29 is 18.3 Å². The summed E-state index contributed by atoms with van der Waals surface area (Å²) in [6, 6.07) is 15.5. The molecule has 148 valence electrons. The molecule has 0 radical (unpaired) electrons. The zero-order chi connectivity index (χ0) is 21.4. The first-order valence-corrected chi connectivity index (χ1v) is 8.66. The van der Waals surface area contributed by atoms with E-state index in [1.165, 1.54) is 25.3 Å². The number of fused-ring (bicyclic) bond motifs is 3. The molecule has 2 aromatic carbocycles. The Kier molecular flexibility index (Phi) is 4.57. The number of hydrogen-bond donors (Lipinski definition) is 1. The number of nitrogens with two attached hydrogens (primary N) is 1. The van der Waals surface area contributed by atoms with Crippen molar-refractivity contribution in [2.75, 3.05) is 12.8 Å². The van der Waals surface area contributed by atoms with E-state index in [2.05, 4.69) is 21.9 Å². The summed E-state index contributed by atoms with van der Waals surface area (Å²) < 4.78 is 36.4. The van der Waals surface area contributed by atoms with Gasteiger partial charge in [0.2, 0.25) is 0 Å². The lowest BCUT2D eigenvalue weighted by atomic mass is 9.96. The molecule has 0 saturated heterocycles. The van der Waals surface area contributed by atoms with Crippen LogP contribution < -0.4 is 15.2 Å². The Hall–Kier alpha value is -4.37.